The van der Waals surface area contributed by atoms with Crippen LogP contribution in [-0.4, -0.2) is 99.7 Å². The van der Waals surface area contributed by atoms with Crippen molar-refractivity contribution in [2.24, 2.45) is 50.7 Å². The van der Waals surface area contributed by atoms with Gasteiger partial charge in [-0.05, 0) is 97.2 Å². The summed E-state index contributed by atoms with van der Waals surface area (Å²) in [7, 11) is 0. The highest BCUT2D eigenvalue weighted by Gasteiger charge is 2.87. The Hall–Kier alpha value is -0.890. The van der Waals surface area contributed by atoms with Crippen LogP contribution in [0.15, 0.2) is 0 Å². The van der Waals surface area contributed by atoms with E-state index in [0.717, 1.165) is 44.9 Å². The molecule has 11 heteroatoms. The number of epoxide rings is 1. The molecule has 4 heterocycles. The number of rotatable bonds is 3. The minimum Gasteiger partial charge on any atom is -0.462 e. The van der Waals surface area contributed by atoms with Gasteiger partial charge in [-0.2, -0.15) is 0 Å². The summed E-state index contributed by atoms with van der Waals surface area (Å²) in [6, 6.07) is 0. The third-order valence-corrected chi connectivity index (χ3v) is 16.8. The Kier molecular flexibility index (Phi) is 6.70. The van der Waals surface area contributed by atoms with Crippen molar-refractivity contribution in [3.63, 3.8) is 0 Å². The number of ether oxygens (including phenoxy) is 6. The molecule has 9 rings (SSSR count). The summed E-state index contributed by atoms with van der Waals surface area (Å²) in [5.41, 5.74) is -1.23. The second-order valence-corrected chi connectivity index (χ2v) is 18.9. The normalized spacial score (nSPS) is 63.3. The Morgan fingerprint density at radius 3 is 2.23 bits per heavy atom. The Morgan fingerprint density at radius 2 is 1.56 bits per heavy atom. The fraction of sp³-hybridized carbons (Fsp3) is 0.973. The summed E-state index contributed by atoms with van der Waals surface area (Å²) in [5.74, 6) is 0.0295. The zero-order chi connectivity index (χ0) is 34.2. The van der Waals surface area contributed by atoms with Gasteiger partial charge in [0.15, 0.2) is 12.6 Å². The Morgan fingerprint density at radius 1 is 0.833 bits per heavy atom. The summed E-state index contributed by atoms with van der Waals surface area (Å²) in [4.78, 5) is 12.9. The summed E-state index contributed by atoms with van der Waals surface area (Å²) >= 11 is 0. The van der Waals surface area contributed by atoms with Gasteiger partial charge in [-0.1, -0.05) is 34.6 Å². The molecular weight excluding hydrogens is 620 g/mol. The van der Waals surface area contributed by atoms with Crippen molar-refractivity contribution in [1.82, 2.24) is 0 Å². The van der Waals surface area contributed by atoms with Gasteiger partial charge in [-0.15, -0.1) is 0 Å². The summed E-state index contributed by atoms with van der Waals surface area (Å²) in [5, 5.41) is 41.7. The molecule has 0 aromatic carbocycles. The number of fused-ring (bicyclic) bond motifs is 6. The van der Waals surface area contributed by atoms with Crippen molar-refractivity contribution in [2.75, 3.05) is 6.61 Å². The highest BCUT2D eigenvalue weighted by atomic mass is 16.8. The summed E-state index contributed by atoms with van der Waals surface area (Å²) in [6.07, 6.45) is 0.880. The first-order valence-electron chi connectivity index (χ1n) is 18.6. The molecule has 6 unspecified atom stereocenters. The average molecular weight is 677 g/mol. The Labute approximate surface area is 283 Å². The Balaban J connectivity index is 1.03. The number of carbonyl (C=O) groups excluding carboxylic acids is 1. The van der Waals surface area contributed by atoms with E-state index in [-0.39, 0.29) is 75.9 Å². The van der Waals surface area contributed by atoms with E-state index in [0.29, 0.717) is 18.3 Å². The molecule has 4 saturated heterocycles. The molecule has 0 aromatic heterocycles. The molecule has 19 atom stereocenters. The first-order valence-corrected chi connectivity index (χ1v) is 18.6. The number of hydrogen-bond donors (Lipinski definition) is 4. The highest BCUT2D eigenvalue weighted by molar-refractivity contribution is 5.66. The van der Waals surface area contributed by atoms with Crippen LogP contribution < -0.4 is 0 Å². The second kappa shape index (κ2) is 9.75. The third kappa shape index (κ3) is 3.74. The van der Waals surface area contributed by atoms with Gasteiger partial charge in [0, 0.05) is 18.8 Å². The molecule has 3 spiro atoms. The topological polar surface area (TPSA) is 157 Å². The molecule has 9 aliphatic rings. The van der Waals surface area contributed by atoms with E-state index in [1.165, 1.54) is 0 Å². The SMILES string of the molecule is CC(=O)O[C@@H]1CC23CC24CC[C@@H](O[C@@H]2OC[C@@H](O)[C@H](O)[C@H]2O)C(C)(C)[C@@H]4CC[C@H]3C2(C)C[C@H]3OC4(C[C@@H](C)[C@@H]3C12C)O[C@H](O)C1(C)O[C@@H]41. The van der Waals surface area contributed by atoms with Gasteiger partial charge in [0.1, 0.15) is 36.1 Å². The molecule has 4 aliphatic heterocycles. The van der Waals surface area contributed by atoms with Crippen LogP contribution in [0.3, 0.4) is 0 Å². The van der Waals surface area contributed by atoms with E-state index in [9.17, 15) is 25.2 Å². The van der Waals surface area contributed by atoms with Gasteiger partial charge in [0.05, 0.1) is 18.8 Å². The molecule has 0 bridgehead atoms. The zero-order valence-corrected chi connectivity index (χ0v) is 29.5. The van der Waals surface area contributed by atoms with Crippen molar-refractivity contribution >= 4 is 5.97 Å². The van der Waals surface area contributed by atoms with Crippen molar-refractivity contribution in [1.29, 1.82) is 0 Å². The average Bonchev–Trinajstić information content (AvgIpc) is 3.84. The molecule has 0 radical (unpaired) electrons. The number of carbonyl (C=O) groups is 1. The standard InChI is InChI=1S/C37H56O11/c1-17-12-37(29-34(7,47-29)30(42)48-37)46-20-13-32(5)22-9-8-21-31(3,4)23(45-28-27(41)26(40)19(39)15-43-28)10-11-35(21)16-36(22,35)14-24(44-18(2)38)33(32,6)25(17)20/h17,19-30,39-42H,8-16H2,1-7H3/t17-,19-,20-,21+,22+,23-,24-,25+,26+,27-,28+,29-,30+,32?,33?,34?,35?,36?,37?/m1/s1. The van der Waals surface area contributed by atoms with Crippen molar-refractivity contribution in [2.45, 2.75) is 167 Å². The van der Waals surface area contributed by atoms with Gasteiger partial charge in [0.2, 0.25) is 5.79 Å². The fourth-order valence-corrected chi connectivity index (χ4v) is 14.6. The second-order valence-electron chi connectivity index (χ2n) is 18.9. The minimum atomic E-state index is -1.31. The molecule has 11 nitrogen and oxygen atoms in total. The van der Waals surface area contributed by atoms with Crippen LogP contribution in [0.5, 0.6) is 0 Å². The minimum absolute atomic E-state index is 0.0420. The van der Waals surface area contributed by atoms with Gasteiger partial charge in [0.25, 0.3) is 0 Å². The molecule has 0 aromatic rings. The fourth-order valence-electron chi connectivity index (χ4n) is 14.6. The molecule has 5 aliphatic carbocycles. The molecule has 270 valence electrons. The smallest absolute Gasteiger partial charge is 0.302 e. The maximum atomic E-state index is 12.9. The number of hydrogen-bond acceptors (Lipinski definition) is 11. The maximum absolute atomic E-state index is 12.9. The van der Waals surface area contributed by atoms with Crippen LogP contribution in [-0.2, 0) is 33.2 Å². The molecule has 5 saturated carbocycles. The molecular formula is C37H56O11. The maximum Gasteiger partial charge on any atom is 0.302 e. The van der Waals surface area contributed by atoms with E-state index in [2.05, 4.69) is 34.6 Å². The van der Waals surface area contributed by atoms with Gasteiger partial charge < -0.3 is 48.8 Å². The zero-order valence-electron chi connectivity index (χ0n) is 29.5. The lowest BCUT2D eigenvalue weighted by Gasteiger charge is -2.65. The van der Waals surface area contributed by atoms with Crippen LogP contribution in [0.25, 0.3) is 0 Å². The van der Waals surface area contributed by atoms with E-state index < -0.39 is 42.3 Å². The summed E-state index contributed by atoms with van der Waals surface area (Å²) < 4.78 is 37.9. The molecule has 48 heavy (non-hydrogen) atoms. The predicted molar refractivity (Wildman–Crippen MR) is 168 cm³/mol. The number of esters is 1. The molecule has 0 amide bonds. The lowest BCUT2D eigenvalue weighted by molar-refractivity contribution is -0.346. The molecule has 4 N–H and O–H groups in total. The number of aliphatic hydroxyl groups is 4. The van der Waals surface area contributed by atoms with Crippen LogP contribution in [0.4, 0.5) is 0 Å². The van der Waals surface area contributed by atoms with Crippen LogP contribution in [0.2, 0.25) is 0 Å². The predicted octanol–water partition coefficient (Wildman–Crippen LogP) is 3.03. The monoisotopic (exact) mass is 676 g/mol. The van der Waals surface area contributed by atoms with Crippen molar-refractivity contribution < 1.29 is 53.6 Å². The highest BCUT2D eigenvalue weighted by Crippen LogP contribution is 2.89. The van der Waals surface area contributed by atoms with Gasteiger partial charge in [-0.3, -0.25) is 4.79 Å². The third-order valence-electron chi connectivity index (χ3n) is 16.8. The van der Waals surface area contributed by atoms with E-state index >= 15 is 0 Å². The number of aliphatic hydroxyl groups excluding tert-OH is 4. The largest absolute Gasteiger partial charge is 0.462 e. The van der Waals surface area contributed by atoms with Crippen LogP contribution in [0.1, 0.15) is 99.8 Å². The van der Waals surface area contributed by atoms with E-state index in [1.807, 2.05) is 6.92 Å². The Bertz CT molecular complexity index is 1390. The molecule has 9 fully saturated rings. The van der Waals surface area contributed by atoms with Gasteiger partial charge in [-0.25, -0.2) is 0 Å². The van der Waals surface area contributed by atoms with Crippen LogP contribution >= 0.6 is 0 Å². The quantitative estimate of drug-likeness (QED) is 0.198. The van der Waals surface area contributed by atoms with Crippen LogP contribution in [0, 0.1) is 50.7 Å². The van der Waals surface area contributed by atoms with Crippen molar-refractivity contribution in [3.8, 4) is 0 Å². The van der Waals surface area contributed by atoms with Gasteiger partial charge >= 0.3 is 5.97 Å². The first kappa shape index (κ1) is 33.0. The van der Waals surface area contributed by atoms with Crippen molar-refractivity contribution in [3.05, 3.63) is 0 Å². The van der Waals surface area contributed by atoms with E-state index in [4.69, 9.17) is 28.4 Å². The lowest BCUT2D eigenvalue weighted by Crippen LogP contribution is -2.64. The first-order chi connectivity index (χ1) is 22.4. The lowest BCUT2D eigenvalue weighted by atomic mass is 9.41. The van der Waals surface area contributed by atoms with E-state index in [1.54, 1.807) is 6.92 Å². The summed E-state index contributed by atoms with van der Waals surface area (Å²) in [6.45, 7) is 15.1.